The van der Waals surface area contributed by atoms with Gasteiger partial charge in [0.15, 0.2) is 0 Å². The number of rotatable bonds is 11. The smallest absolute Gasteiger partial charge is 0.243 e. The number of halogens is 2. The summed E-state index contributed by atoms with van der Waals surface area (Å²) in [6, 6.07) is 32.0. The number of ether oxygens (including phenoxy) is 1. The molecule has 4 aromatic rings. The molecular weight excluding hydrogens is 605 g/mol. The van der Waals surface area contributed by atoms with Crippen molar-refractivity contribution in [1.29, 1.82) is 0 Å². The lowest BCUT2D eigenvalue weighted by Gasteiger charge is -2.39. The number of benzene rings is 4. The standard InChI is InChI=1S/C33H33Cl2N3O4S/c34-27-13-18-31(30(35)24-27)42-23-7-12-32(39)36-28-14-16-29(17-15-28)43(40,41)38-21-19-37(20-22-38)33(25-8-3-1-4-9-25)26-10-5-2-6-11-26/h1-6,8-11,13-18,24,33H,7,12,19-23H2,(H,36,39). The Morgan fingerprint density at radius 2 is 1.42 bits per heavy atom. The van der Waals surface area contributed by atoms with Gasteiger partial charge in [0.2, 0.25) is 15.9 Å². The van der Waals surface area contributed by atoms with Gasteiger partial charge in [-0.05, 0) is 60.0 Å². The second-order valence-electron chi connectivity index (χ2n) is 10.3. The van der Waals surface area contributed by atoms with Crippen LogP contribution in [0.2, 0.25) is 10.0 Å². The van der Waals surface area contributed by atoms with Crippen LogP contribution < -0.4 is 10.1 Å². The third-order valence-corrected chi connectivity index (χ3v) is 9.79. The van der Waals surface area contributed by atoms with E-state index in [1.54, 1.807) is 42.5 Å². The minimum absolute atomic E-state index is 0.0527. The lowest BCUT2D eigenvalue weighted by atomic mass is 9.96. The minimum Gasteiger partial charge on any atom is -0.492 e. The first kappa shape index (κ1) is 31.0. The van der Waals surface area contributed by atoms with E-state index in [0.29, 0.717) is 60.7 Å². The predicted molar refractivity (Wildman–Crippen MR) is 171 cm³/mol. The molecule has 43 heavy (non-hydrogen) atoms. The molecular formula is C33H33Cl2N3O4S. The van der Waals surface area contributed by atoms with Crippen molar-refractivity contribution < 1.29 is 17.9 Å². The molecule has 1 aliphatic heterocycles. The fourth-order valence-electron chi connectivity index (χ4n) is 5.18. The Hall–Kier alpha value is -3.40. The molecule has 1 aliphatic rings. The lowest BCUT2D eigenvalue weighted by molar-refractivity contribution is -0.116. The van der Waals surface area contributed by atoms with Crippen molar-refractivity contribution in [1.82, 2.24) is 9.21 Å². The van der Waals surface area contributed by atoms with Crippen molar-refractivity contribution in [3.63, 3.8) is 0 Å². The molecule has 0 unspecified atom stereocenters. The molecule has 0 atom stereocenters. The summed E-state index contributed by atoms with van der Waals surface area (Å²) >= 11 is 12.0. The van der Waals surface area contributed by atoms with Gasteiger partial charge in [0.25, 0.3) is 0 Å². The van der Waals surface area contributed by atoms with Crippen LogP contribution in [0.3, 0.4) is 0 Å². The highest BCUT2D eigenvalue weighted by Gasteiger charge is 2.32. The average molecular weight is 639 g/mol. The first-order valence-electron chi connectivity index (χ1n) is 14.1. The molecule has 0 bridgehead atoms. The Bertz CT molecular complexity index is 1570. The molecule has 1 saturated heterocycles. The molecule has 10 heteroatoms. The molecule has 0 saturated carbocycles. The normalized spacial score (nSPS) is 14.5. The second-order valence-corrected chi connectivity index (χ2v) is 13.0. The van der Waals surface area contributed by atoms with Gasteiger partial charge in [0, 0.05) is 43.3 Å². The van der Waals surface area contributed by atoms with Gasteiger partial charge in [0.1, 0.15) is 5.75 Å². The zero-order chi connectivity index (χ0) is 30.2. The van der Waals surface area contributed by atoms with E-state index in [1.807, 2.05) is 36.4 Å². The van der Waals surface area contributed by atoms with Crippen molar-refractivity contribution in [2.75, 3.05) is 38.1 Å². The fourth-order valence-corrected chi connectivity index (χ4v) is 7.06. The molecule has 1 amide bonds. The summed E-state index contributed by atoms with van der Waals surface area (Å²) in [5, 5.41) is 3.75. The van der Waals surface area contributed by atoms with E-state index in [1.165, 1.54) is 15.4 Å². The Kier molecular flexibility index (Phi) is 10.4. The number of nitrogens with zero attached hydrogens (tertiary/aromatic N) is 2. The van der Waals surface area contributed by atoms with E-state index < -0.39 is 10.0 Å². The van der Waals surface area contributed by atoms with E-state index in [0.717, 1.165) is 0 Å². The predicted octanol–water partition coefficient (Wildman–Crippen LogP) is 6.89. The van der Waals surface area contributed by atoms with E-state index in [4.69, 9.17) is 27.9 Å². The van der Waals surface area contributed by atoms with Crippen LogP contribution in [0.1, 0.15) is 30.0 Å². The quantitative estimate of drug-likeness (QED) is 0.181. The third-order valence-electron chi connectivity index (χ3n) is 7.34. The maximum absolute atomic E-state index is 13.5. The molecule has 5 rings (SSSR count). The van der Waals surface area contributed by atoms with E-state index >= 15 is 0 Å². The number of sulfonamides is 1. The van der Waals surface area contributed by atoms with Crippen LogP contribution in [0.5, 0.6) is 5.75 Å². The number of anilines is 1. The molecule has 1 fully saturated rings. The van der Waals surface area contributed by atoms with Gasteiger partial charge in [0.05, 0.1) is 22.6 Å². The number of hydrogen-bond donors (Lipinski definition) is 1. The molecule has 0 spiro atoms. The van der Waals surface area contributed by atoms with Gasteiger partial charge in [-0.15, -0.1) is 0 Å². The zero-order valence-electron chi connectivity index (χ0n) is 23.5. The number of amides is 1. The van der Waals surface area contributed by atoms with Gasteiger partial charge in [-0.25, -0.2) is 8.42 Å². The maximum Gasteiger partial charge on any atom is 0.243 e. The maximum atomic E-state index is 13.5. The topological polar surface area (TPSA) is 78.9 Å². The largest absolute Gasteiger partial charge is 0.492 e. The van der Waals surface area contributed by atoms with Crippen LogP contribution in [0.15, 0.2) is 108 Å². The van der Waals surface area contributed by atoms with E-state index in [2.05, 4.69) is 34.5 Å². The monoisotopic (exact) mass is 637 g/mol. The van der Waals surface area contributed by atoms with Crippen molar-refractivity contribution in [3.8, 4) is 5.75 Å². The van der Waals surface area contributed by atoms with Gasteiger partial charge in [-0.1, -0.05) is 83.9 Å². The van der Waals surface area contributed by atoms with Crippen molar-refractivity contribution in [2.24, 2.45) is 0 Å². The molecule has 1 N–H and O–H groups in total. The van der Waals surface area contributed by atoms with E-state index in [-0.39, 0.29) is 23.3 Å². The highest BCUT2D eigenvalue weighted by molar-refractivity contribution is 7.89. The Morgan fingerprint density at radius 1 is 0.814 bits per heavy atom. The van der Waals surface area contributed by atoms with Crippen LogP contribution >= 0.6 is 23.2 Å². The van der Waals surface area contributed by atoms with Gasteiger partial charge >= 0.3 is 0 Å². The Labute approximate surface area is 263 Å². The Balaban J connectivity index is 1.13. The molecule has 0 radical (unpaired) electrons. The summed E-state index contributed by atoms with van der Waals surface area (Å²) in [4.78, 5) is 15.0. The summed E-state index contributed by atoms with van der Waals surface area (Å²) in [5.74, 6) is 0.320. The van der Waals surface area contributed by atoms with Crippen LogP contribution in [-0.2, 0) is 14.8 Å². The lowest BCUT2D eigenvalue weighted by Crippen LogP contribution is -2.49. The summed E-state index contributed by atoms with van der Waals surface area (Å²) in [7, 11) is -3.68. The first-order valence-corrected chi connectivity index (χ1v) is 16.3. The average Bonchev–Trinajstić information content (AvgIpc) is 3.02. The van der Waals surface area contributed by atoms with Crippen LogP contribution in [0.25, 0.3) is 0 Å². The van der Waals surface area contributed by atoms with Crippen LogP contribution in [0, 0.1) is 0 Å². The molecule has 4 aromatic carbocycles. The molecule has 7 nitrogen and oxygen atoms in total. The fraction of sp³-hybridized carbons (Fsp3) is 0.242. The first-order chi connectivity index (χ1) is 20.8. The summed E-state index contributed by atoms with van der Waals surface area (Å²) in [6.07, 6.45) is 0.723. The van der Waals surface area contributed by atoms with Gasteiger partial charge in [-0.2, -0.15) is 4.31 Å². The van der Waals surface area contributed by atoms with Crippen molar-refractivity contribution in [3.05, 3.63) is 124 Å². The number of hydrogen-bond acceptors (Lipinski definition) is 5. The minimum atomic E-state index is -3.68. The van der Waals surface area contributed by atoms with Gasteiger partial charge in [-0.3, -0.25) is 9.69 Å². The highest BCUT2D eigenvalue weighted by atomic mass is 35.5. The van der Waals surface area contributed by atoms with Crippen LogP contribution in [0.4, 0.5) is 5.69 Å². The molecule has 1 heterocycles. The summed E-state index contributed by atoms with van der Waals surface area (Å²) in [5.41, 5.74) is 2.89. The van der Waals surface area contributed by atoms with Crippen molar-refractivity contribution in [2.45, 2.75) is 23.8 Å². The molecule has 0 aliphatic carbocycles. The Morgan fingerprint density at radius 3 is 2.00 bits per heavy atom. The summed E-state index contributed by atoms with van der Waals surface area (Å²) in [6.45, 7) is 2.31. The molecule has 224 valence electrons. The number of carbonyl (C=O) groups excluding carboxylic acids is 1. The third kappa shape index (κ3) is 7.96. The van der Waals surface area contributed by atoms with Crippen LogP contribution in [-0.4, -0.2) is 56.3 Å². The number of nitrogens with one attached hydrogen (secondary N) is 1. The van der Waals surface area contributed by atoms with Gasteiger partial charge < -0.3 is 10.1 Å². The second kappa shape index (κ2) is 14.4. The van der Waals surface area contributed by atoms with Crippen molar-refractivity contribution >= 4 is 44.8 Å². The number of piperazine rings is 1. The zero-order valence-corrected chi connectivity index (χ0v) is 25.9. The SMILES string of the molecule is O=C(CCCOc1ccc(Cl)cc1Cl)Nc1ccc(S(=O)(=O)N2CCN(C(c3ccccc3)c3ccccc3)CC2)cc1. The van der Waals surface area contributed by atoms with E-state index in [9.17, 15) is 13.2 Å². The highest BCUT2D eigenvalue weighted by Crippen LogP contribution is 2.31. The number of carbonyl (C=O) groups is 1. The molecule has 0 aromatic heterocycles. The summed E-state index contributed by atoms with van der Waals surface area (Å²) < 4.78 is 34.1.